The van der Waals surface area contributed by atoms with Crippen LogP contribution in [0.5, 0.6) is 11.5 Å². The second-order valence-corrected chi connectivity index (χ2v) is 12.2. The normalized spacial score (nSPS) is 21.5. The van der Waals surface area contributed by atoms with Crippen molar-refractivity contribution in [3.63, 3.8) is 0 Å². The molecule has 2 aromatic carbocycles. The van der Waals surface area contributed by atoms with Gasteiger partial charge in [0.2, 0.25) is 0 Å². The van der Waals surface area contributed by atoms with Gasteiger partial charge >= 0.3 is 0 Å². The van der Waals surface area contributed by atoms with Gasteiger partial charge in [-0.25, -0.2) is 18.4 Å². The van der Waals surface area contributed by atoms with E-state index in [1.165, 1.54) is 58.6 Å². The van der Waals surface area contributed by atoms with Gasteiger partial charge in [0, 0.05) is 54.6 Å². The van der Waals surface area contributed by atoms with Crippen molar-refractivity contribution in [2.75, 3.05) is 17.2 Å². The Kier molecular flexibility index (Phi) is 6.21. The molecule has 3 N–H and O–H groups in total. The Hall–Kier alpha value is -4.51. The van der Waals surface area contributed by atoms with Gasteiger partial charge < -0.3 is 20.7 Å². The average molecular weight is 587 g/mol. The lowest BCUT2D eigenvalue weighted by molar-refractivity contribution is 0.102. The average Bonchev–Trinajstić information content (AvgIpc) is 3.32. The van der Waals surface area contributed by atoms with Crippen molar-refractivity contribution < 1.29 is 18.3 Å². The quantitative estimate of drug-likeness (QED) is 0.292. The molecule has 1 aliphatic carbocycles. The van der Waals surface area contributed by atoms with E-state index in [1.807, 2.05) is 0 Å². The smallest absolute Gasteiger partial charge is 0.284 e. The van der Waals surface area contributed by atoms with Gasteiger partial charge in [0.05, 0.1) is 11.4 Å². The molecule has 2 fully saturated rings. The molecule has 0 radical (unpaired) electrons. The fourth-order valence-corrected chi connectivity index (χ4v) is 6.53. The third-order valence-electron chi connectivity index (χ3n) is 9.34. The zero-order chi connectivity index (χ0) is 30.1. The number of pyridine rings is 1. The van der Waals surface area contributed by atoms with Crippen molar-refractivity contribution in [2.24, 2.45) is 13.0 Å². The zero-order valence-corrected chi connectivity index (χ0v) is 24.1. The van der Waals surface area contributed by atoms with Gasteiger partial charge in [0.25, 0.3) is 11.5 Å². The predicted molar refractivity (Wildman–Crippen MR) is 158 cm³/mol. The van der Waals surface area contributed by atoms with Gasteiger partial charge in [-0.2, -0.15) is 0 Å². The van der Waals surface area contributed by atoms with E-state index in [0.29, 0.717) is 28.6 Å². The number of aromatic nitrogens is 3. The standard InChI is InChI=1S/C32H32F2N6O3/c1-18-27(30(42)40(39(18)3)22-7-4-20(33)5-8-22)29(41)37-21-6-9-26(24(34)14-21)43-25-10-13-35-28-23(25)16-31(2,38-28)19-15-32(11-12-32)36-17-19/h4-10,13-14,19,36H,11-12,15-17H2,1-3H3,(H,35,38)(H,37,41). The van der Waals surface area contributed by atoms with Gasteiger partial charge in [-0.3, -0.25) is 14.3 Å². The molecule has 3 aliphatic rings. The van der Waals surface area contributed by atoms with Crippen LogP contribution in [0.3, 0.4) is 0 Å². The fourth-order valence-electron chi connectivity index (χ4n) is 6.53. The number of halogens is 2. The Morgan fingerprint density at radius 3 is 2.58 bits per heavy atom. The third kappa shape index (κ3) is 4.68. The molecule has 11 heteroatoms. The van der Waals surface area contributed by atoms with E-state index in [9.17, 15) is 14.0 Å². The number of hydrogen-bond acceptors (Lipinski definition) is 6. The van der Waals surface area contributed by atoms with Crippen LogP contribution in [0.25, 0.3) is 5.69 Å². The second-order valence-electron chi connectivity index (χ2n) is 12.2. The number of fused-ring (bicyclic) bond motifs is 1. The number of anilines is 2. The van der Waals surface area contributed by atoms with Crippen LogP contribution >= 0.6 is 0 Å². The fraction of sp³-hybridized carbons (Fsp3) is 0.344. The van der Waals surface area contributed by atoms with Gasteiger partial charge in [0.1, 0.15) is 22.9 Å². The summed E-state index contributed by atoms with van der Waals surface area (Å²) in [5.41, 5.74) is 1.37. The Labute approximate surface area is 246 Å². The minimum absolute atomic E-state index is 0.00836. The molecular formula is C32H32F2N6O3. The van der Waals surface area contributed by atoms with Crippen LogP contribution in [0, 0.1) is 24.5 Å². The molecule has 7 rings (SSSR count). The van der Waals surface area contributed by atoms with E-state index >= 15 is 4.39 Å². The van der Waals surface area contributed by atoms with Gasteiger partial charge in [-0.05, 0) is 81.5 Å². The molecule has 9 nitrogen and oxygen atoms in total. The van der Waals surface area contributed by atoms with E-state index in [0.717, 1.165) is 36.8 Å². The summed E-state index contributed by atoms with van der Waals surface area (Å²) >= 11 is 0. The maximum atomic E-state index is 15.3. The van der Waals surface area contributed by atoms with E-state index < -0.39 is 23.1 Å². The van der Waals surface area contributed by atoms with Crippen molar-refractivity contribution in [1.82, 2.24) is 19.7 Å². The highest BCUT2D eigenvalue weighted by Gasteiger charge is 2.54. The highest BCUT2D eigenvalue weighted by molar-refractivity contribution is 6.05. The number of rotatable bonds is 6. The number of carbonyl (C=O) groups excluding carboxylic acids is 1. The molecule has 0 bridgehead atoms. The first kappa shape index (κ1) is 27.3. The second kappa shape index (κ2) is 9.77. The SMILES string of the molecule is Cc1c(C(=O)Nc2ccc(Oc3ccnc4c3CC(C)(C3CNC5(CC5)C3)N4)c(F)c2)c(=O)n(-c2ccc(F)cc2)n1C. The Bertz CT molecular complexity index is 1830. The topological polar surface area (TPSA) is 102 Å². The summed E-state index contributed by atoms with van der Waals surface area (Å²) in [6.45, 7) is 4.80. The molecule has 1 saturated carbocycles. The number of nitrogens with zero attached hydrogens (tertiary/aromatic N) is 3. The predicted octanol–water partition coefficient (Wildman–Crippen LogP) is 5.07. The molecule has 2 unspecified atom stereocenters. The van der Waals surface area contributed by atoms with Gasteiger partial charge in [-0.1, -0.05) is 0 Å². The summed E-state index contributed by atoms with van der Waals surface area (Å²) in [7, 11) is 1.63. The zero-order valence-electron chi connectivity index (χ0n) is 24.1. The van der Waals surface area contributed by atoms with Crippen molar-refractivity contribution in [3.05, 3.63) is 93.5 Å². The minimum Gasteiger partial charge on any atom is -0.454 e. The number of hydrogen-bond donors (Lipinski definition) is 3. The molecule has 1 saturated heterocycles. The molecule has 4 heterocycles. The number of carbonyl (C=O) groups is 1. The third-order valence-corrected chi connectivity index (χ3v) is 9.34. The Morgan fingerprint density at radius 2 is 1.88 bits per heavy atom. The number of amides is 1. The molecule has 2 aromatic heterocycles. The number of benzene rings is 2. The van der Waals surface area contributed by atoms with Crippen molar-refractivity contribution in [3.8, 4) is 17.2 Å². The van der Waals surface area contributed by atoms with Crippen LogP contribution in [0.1, 0.15) is 47.8 Å². The highest BCUT2D eigenvalue weighted by atomic mass is 19.1. The number of nitrogens with one attached hydrogen (secondary N) is 3. The first-order valence-corrected chi connectivity index (χ1v) is 14.4. The molecule has 4 aromatic rings. The van der Waals surface area contributed by atoms with Crippen molar-refractivity contribution in [1.29, 1.82) is 0 Å². The van der Waals surface area contributed by atoms with Crippen molar-refractivity contribution >= 4 is 17.4 Å². The first-order valence-electron chi connectivity index (χ1n) is 14.4. The van der Waals surface area contributed by atoms with Crippen LogP contribution in [-0.4, -0.2) is 37.9 Å². The maximum absolute atomic E-state index is 15.3. The van der Waals surface area contributed by atoms with Crippen molar-refractivity contribution in [2.45, 2.75) is 50.6 Å². The van der Waals surface area contributed by atoms with Gasteiger partial charge in [-0.15, -0.1) is 0 Å². The molecule has 43 heavy (non-hydrogen) atoms. The lowest BCUT2D eigenvalue weighted by Gasteiger charge is -2.31. The van der Waals surface area contributed by atoms with E-state index in [2.05, 4.69) is 27.9 Å². The van der Waals surface area contributed by atoms with Crippen LogP contribution in [0.15, 0.2) is 59.5 Å². The van der Waals surface area contributed by atoms with Crippen LogP contribution in [0.4, 0.5) is 20.3 Å². The van der Waals surface area contributed by atoms with Crippen LogP contribution < -0.4 is 26.2 Å². The number of ether oxygens (including phenoxy) is 1. The lowest BCUT2D eigenvalue weighted by Crippen LogP contribution is -2.42. The Morgan fingerprint density at radius 1 is 1.12 bits per heavy atom. The van der Waals surface area contributed by atoms with Crippen LogP contribution in [0.2, 0.25) is 0 Å². The maximum Gasteiger partial charge on any atom is 0.284 e. The first-order chi connectivity index (χ1) is 20.6. The summed E-state index contributed by atoms with van der Waals surface area (Å²) in [6, 6.07) is 11.3. The summed E-state index contributed by atoms with van der Waals surface area (Å²) in [5, 5.41) is 9.93. The molecule has 2 aliphatic heterocycles. The monoisotopic (exact) mass is 586 g/mol. The van der Waals surface area contributed by atoms with E-state index in [-0.39, 0.29) is 22.5 Å². The van der Waals surface area contributed by atoms with Crippen LogP contribution in [-0.2, 0) is 13.5 Å². The minimum atomic E-state index is -0.682. The lowest BCUT2D eigenvalue weighted by atomic mass is 9.81. The summed E-state index contributed by atoms with van der Waals surface area (Å²) in [6.07, 6.45) is 5.96. The molecule has 1 spiro atoms. The Balaban J connectivity index is 1.08. The highest BCUT2D eigenvalue weighted by Crippen LogP contribution is 2.51. The molecule has 222 valence electrons. The largest absolute Gasteiger partial charge is 0.454 e. The summed E-state index contributed by atoms with van der Waals surface area (Å²) < 4.78 is 37.6. The summed E-state index contributed by atoms with van der Waals surface area (Å²) in [4.78, 5) is 30.9. The van der Waals surface area contributed by atoms with E-state index in [4.69, 9.17) is 4.74 Å². The summed E-state index contributed by atoms with van der Waals surface area (Å²) in [5.74, 6) is -0.0406. The molecule has 2 atom stereocenters. The van der Waals surface area contributed by atoms with Gasteiger partial charge in [0.15, 0.2) is 11.6 Å². The molecule has 1 amide bonds. The van der Waals surface area contributed by atoms with E-state index in [1.54, 1.807) is 26.2 Å². The molecular weight excluding hydrogens is 554 g/mol.